The van der Waals surface area contributed by atoms with E-state index in [9.17, 15) is 22.8 Å². The predicted octanol–water partition coefficient (Wildman–Crippen LogP) is 5.54. The lowest BCUT2D eigenvalue weighted by molar-refractivity contribution is -0.127. The van der Waals surface area contributed by atoms with Crippen molar-refractivity contribution in [3.63, 3.8) is 0 Å². The lowest BCUT2D eigenvalue weighted by Crippen LogP contribution is -2.58. The number of halogens is 4. The molecule has 12 heteroatoms. The van der Waals surface area contributed by atoms with Gasteiger partial charge in [0.25, 0.3) is 6.43 Å². The zero-order chi connectivity index (χ0) is 30.3. The largest absolute Gasteiger partial charge is 0.355 e. The fraction of sp³-hybridized carbons (Fsp3) is 0.300. The van der Waals surface area contributed by atoms with Gasteiger partial charge in [-0.1, -0.05) is 44.2 Å². The van der Waals surface area contributed by atoms with Gasteiger partial charge in [0.2, 0.25) is 5.91 Å². The third-order valence-corrected chi connectivity index (χ3v) is 7.61. The van der Waals surface area contributed by atoms with Crippen LogP contribution in [0.1, 0.15) is 31.0 Å². The maximum atomic E-state index is 14.9. The number of aromatic nitrogens is 4. The van der Waals surface area contributed by atoms with Gasteiger partial charge in [-0.3, -0.25) is 9.78 Å². The van der Waals surface area contributed by atoms with Crippen LogP contribution in [0.5, 0.6) is 0 Å². The highest BCUT2D eigenvalue weighted by atomic mass is 35.5. The number of benzene rings is 1. The number of alkyl halides is 2. The Bertz CT molecular complexity index is 1760. The number of hydrogen-bond acceptors (Lipinski definition) is 6. The molecule has 0 saturated carbocycles. The number of carbonyl (C=O) groups excluding carboxylic acids is 1. The molecule has 0 N–H and O–H groups in total. The van der Waals surface area contributed by atoms with Crippen LogP contribution in [0, 0.1) is 12.7 Å². The van der Waals surface area contributed by atoms with E-state index in [0.717, 1.165) is 6.08 Å². The van der Waals surface area contributed by atoms with Gasteiger partial charge in [-0.15, -0.1) is 0 Å². The first-order valence-corrected chi connectivity index (χ1v) is 13.7. The van der Waals surface area contributed by atoms with E-state index in [4.69, 9.17) is 16.6 Å². The standard InChI is InChI=1S/C30H28ClF3N6O2/c1-5-23(41)38-12-13-39(22(15-38)27(33)34)28-19-14-20(31)25(18-8-6-7-9-21(18)32)36-29(19)40(30(42)37-28)26-17(4)10-11-35-24(26)16(2)3/h5-11,14,16,22,27H,1,12-13,15H2,2-4H3/t22-/m1/s1. The number of hydrogen-bond donors (Lipinski definition) is 0. The highest BCUT2D eigenvalue weighted by molar-refractivity contribution is 6.33. The number of rotatable bonds is 6. The SMILES string of the molecule is C=CC(=O)N1CCN(c2nc(=O)n(-c3c(C)ccnc3C(C)C)c3nc(-c4ccccc4F)c(Cl)cc23)[C@@H](C(F)F)C1. The number of anilines is 1. The van der Waals surface area contributed by atoms with E-state index in [2.05, 4.69) is 16.5 Å². The monoisotopic (exact) mass is 596 g/mol. The maximum absolute atomic E-state index is 14.9. The zero-order valence-electron chi connectivity index (χ0n) is 23.2. The van der Waals surface area contributed by atoms with Crippen LogP contribution in [0.4, 0.5) is 19.0 Å². The van der Waals surface area contributed by atoms with Crippen LogP contribution in [0.3, 0.4) is 0 Å². The van der Waals surface area contributed by atoms with Crippen molar-refractivity contribution in [1.82, 2.24) is 24.4 Å². The van der Waals surface area contributed by atoms with Gasteiger partial charge in [0.05, 0.1) is 27.5 Å². The summed E-state index contributed by atoms with van der Waals surface area (Å²) in [6.45, 7) is 8.87. The Morgan fingerprint density at radius 2 is 1.90 bits per heavy atom. The maximum Gasteiger partial charge on any atom is 0.355 e. The quantitative estimate of drug-likeness (QED) is 0.272. The van der Waals surface area contributed by atoms with Crippen LogP contribution in [-0.2, 0) is 4.79 Å². The van der Waals surface area contributed by atoms with E-state index >= 15 is 0 Å². The Morgan fingerprint density at radius 3 is 2.57 bits per heavy atom. The van der Waals surface area contributed by atoms with Gasteiger partial charge in [0, 0.05) is 31.4 Å². The summed E-state index contributed by atoms with van der Waals surface area (Å²) >= 11 is 6.67. The summed E-state index contributed by atoms with van der Waals surface area (Å²) in [5, 5.41) is 0.258. The van der Waals surface area contributed by atoms with Gasteiger partial charge < -0.3 is 9.80 Å². The molecule has 4 heterocycles. The smallest absolute Gasteiger partial charge is 0.344 e. The van der Waals surface area contributed by atoms with Crippen LogP contribution in [0.25, 0.3) is 28.0 Å². The molecule has 1 atom stereocenters. The van der Waals surface area contributed by atoms with E-state index in [1.165, 1.54) is 38.6 Å². The first kappa shape index (κ1) is 29.2. The molecule has 1 fully saturated rings. The van der Waals surface area contributed by atoms with Crippen molar-refractivity contribution in [2.24, 2.45) is 0 Å². The number of piperazine rings is 1. The summed E-state index contributed by atoms with van der Waals surface area (Å²) in [7, 11) is 0. The number of amides is 1. The number of fused-ring (bicyclic) bond motifs is 1. The van der Waals surface area contributed by atoms with Crippen molar-refractivity contribution in [3.05, 3.63) is 87.8 Å². The third kappa shape index (κ3) is 5.13. The fourth-order valence-electron chi connectivity index (χ4n) is 5.27. The van der Waals surface area contributed by atoms with Gasteiger partial charge in [-0.05, 0) is 48.7 Å². The molecule has 1 aliphatic heterocycles. The molecule has 218 valence electrons. The van der Waals surface area contributed by atoms with E-state index in [0.29, 0.717) is 16.9 Å². The fourth-order valence-corrected chi connectivity index (χ4v) is 5.52. The second kappa shape index (κ2) is 11.6. The van der Waals surface area contributed by atoms with Crippen molar-refractivity contribution >= 4 is 34.4 Å². The molecule has 0 unspecified atom stereocenters. The van der Waals surface area contributed by atoms with Crippen molar-refractivity contribution in [2.45, 2.75) is 39.2 Å². The summed E-state index contributed by atoms with van der Waals surface area (Å²) in [6.07, 6.45) is -0.169. The summed E-state index contributed by atoms with van der Waals surface area (Å²) in [6, 6.07) is 7.67. The molecule has 1 amide bonds. The number of nitrogens with zero attached hydrogens (tertiary/aromatic N) is 6. The van der Waals surface area contributed by atoms with Crippen molar-refractivity contribution < 1.29 is 18.0 Å². The molecule has 1 aliphatic rings. The lowest BCUT2D eigenvalue weighted by Gasteiger charge is -2.41. The molecule has 1 aromatic carbocycles. The summed E-state index contributed by atoms with van der Waals surface area (Å²) in [5.41, 5.74) is 1.22. The molecule has 8 nitrogen and oxygen atoms in total. The molecular formula is C30H28ClF3N6O2. The van der Waals surface area contributed by atoms with Gasteiger partial charge in [0.1, 0.15) is 17.7 Å². The second-order valence-electron chi connectivity index (χ2n) is 10.3. The Hall–Kier alpha value is -4.25. The summed E-state index contributed by atoms with van der Waals surface area (Å²) in [4.78, 5) is 42.2. The molecule has 1 saturated heterocycles. The van der Waals surface area contributed by atoms with Gasteiger partial charge in [-0.25, -0.2) is 27.5 Å². The zero-order valence-corrected chi connectivity index (χ0v) is 23.9. The Labute approximate surface area is 245 Å². The lowest BCUT2D eigenvalue weighted by atomic mass is 10.0. The number of pyridine rings is 2. The minimum absolute atomic E-state index is 0.0318. The van der Waals surface area contributed by atoms with E-state index in [1.807, 2.05) is 20.8 Å². The highest BCUT2D eigenvalue weighted by Gasteiger charge is 2.37. The first-order chi connectivity index (χ1) is 20.0. The average molecular weight is 597 g/mol. The molecule has 5 rings (SSSR count). The van der Waals surface area contributed by atoms with Crippen LogP contribution in [0.15, 0.2) is 60.0 Å². The van der Waals surface area contributed by atoms with Crippen molar-refractivity contribution in [3.8, 4) is 16.9 Å². The molecule has 0 spiro atoms. The van der Waals surface area contributed by atoms with E-state index in [1.54, 1.807) is 18.3 Å². The van der Waals surface area contributed by atoms with E-state index in [-0.39, 0.29) is 58.7 Å². The first-order valence-electron chi connectivity index (χ1n) is 13.3. The second-order valence-corrected chi connectivity index (χ2v) is 10.7. The van der Waals surface area contributed by atoms with E-state index < -0.39 is 29.9 Å². The number of aryl methyl sites for hydroxylation is 1. The average Bonchev–Trinajstić information content (AvgIpc) is 2.96. The molecule has 0 aliphatic carbocycles. The Morgan fingerprint density at radius 1 is 1.17 bits per heavy atom. The molecule has 0 radical (unpaired) electrons. The molecule has 0 bridgehead atoms. The van der Waals surface area contributed by atoms with Gasteiger partial charge >= 0.3 is 5.69 Å². The van der Waals surface area contributed by atoms with Gasteiger partial charge in [-0.2, -0.15) is 4.98 Å². The topological polar surface area (TPSA) is 84.2 Å². The third-order valence-electron chi connectivity index (χ3n) is 7.32. The van der Waals surface area contributed by atoms with Gasteiger partial charge in [0.15, 0.2) is 5.65 Å². The Balaban J connectivity index is 1.84. The molecule has 3 aromatic heterocycles. The Kier molecular flexibility index (Phi) is 8.05. The van der Waals surface area contributed by atoms with Crippen molar-refractivity contribution in [1.29, 1.82) is 0 Å². The highest BCUT2D eigenvalue weighted by Crippen LogP contribution is 2.36. The minimum Gasteiger partial charge on any atom is -0.344 e. The van der Waals surface area contributed by atoms with Crippen LogP contribution in [-0.4, -0.2) is 62.4 Å². The van der Waals surface area contributed by atoms with Crippen LogP contribution in [0.2, 0.25) is 5.02 Å². The normalized spacial score (nSPS) is 15.6. The molecule has 42 heavy (non-hydrogen) atoms. The van der Waals surface area contributed by atoms with Crippen LogP contribution >= 0.6 is 11.6 Å². The molecular weight excluding hydrogens is 569 g/mol. The molecule has 4 aromatic rings. The predicted molar refractivity (Wildman–Crippen MR) is 156 cm³/mol. The summed E-state index contributed by atoms with van der Waals surface area (Å²) in [5.74, 6) is -1.19. The van der Waals surface area contributed by atoms with Crippen LogP contribution < -0.4 is 10.6 Å². The number of carbonyl (C=O) groups is 1. The minimum atomic E-state index is -2.88. The van der Waals surface area contributed by atoms with Crippen molar-refractivity contribution in [2.75, 3.05) is 24.5 Å². The summed E-state index contributed by atoms with van der Waals surface area (Å²) < 4.78 is 45.1.